The van der Waals surface area contributed by atoms with Gasteiger partial charge in [0.05, 0.1) is 24.1 Å². The molecule has 90 valence electrons. The van der Waals surface area contributed by atoms with E-state index < -0.39 is 0 Å². The Kier molecular flexibility index (Phi) is 3.06. The summed E-state index contributed by atoms with van der Waals surface area (Å²) in [5, 5.41) is 2.29. The van der Waals surface area contributed by atoms with Gasteiger partial charge in [-0.3, -0.25) is 19.9 Å². The fourth-order valence-electron chi connectivity index (χ4n) is 1.74. The summed E-state index contributed by atoms with van der Waals surface area (Å²) >= 11 is 0. The molecule has 0 bridgehead atoms. The number of aromatic nitrogens is 1. The smallest absolute Gasteiger partial charge is 0.249 e. The predicted molar refractivity (Wildman–Crippen MR) is 62.1 cm³/mol. The van der Waals surface area contributed by atoms with Gasteiger partial charge in [0.25, 0.3) is 0 Å². The second-order valence-corrected chi connectivity index (χ2v) is 3.93. The molecule has 6 heteroatoms. The molecule has 2 heterocycles. The Morgan fingerprint density at radius 3 is 2.88 bits per heavy atom. The summed E-state index contributed by atoms with van der Waals surface area (Å²) in [5.41, 5.74) is 6.98. The number of amides is 2. The molecule has 2 rings (SSSR count). The van der Waals surface area contributed by atoms with Gasteiger partial charge in [-0.1, -0.05) is 0 Å². The van der Waals surface area contributed by atoms with Crippen LogP contribution in [0.4, 0.5) is 5.69 Å². The summed E-state index contributed by atoms with van der Waals surface area (Å²) in [6, 6.07) is 3.23. The molecule has 1 atom stereocenters. The molecule has 3 N–H and O–H groups in total. The lowest BCUT2D eigenvalue weighted by Gasteiger charge is -2.33. The maximum absolute atomic E-state index is 11.5. The first-order valence-electron chi connectivity index (χ1n) is 5.37. The predicted octanol–water partition coefficient (Wildman–Crippen LogP) is -0.608. The molecular weight excluding hydrogens is 220 g/mol. The van der Waals surface area contributed by atoms with Gasteiger partial charge in [0, 0.05) is 6.54 Å². The van der Waals surface area contributed by atoms with Crippen LogP contribution < -0.4 is 16.0 Å². The molecule has 1 saturated heterocycles. The van der Waals surface area contributed by atoms with Crippen molar-refractivity contribution in [3.05, 3.63) is 24.0 Å². The SMILES string of the molecule is CC1C(=O)NC(=O)CN1c1ccc(CN)nc1. The maximum atomic E-state index is 11.5. The van der Waals surface area contributed by atoms with Crippen molar-refractivity contribution < 1.29 is 9.59 Å². The summed E-state index contributed by atoms with van der Waals surface area (Å²) in [7, 11) is 0. The van der Waals surface area contributed by atoms with Gasteiger partial charge in [-0.05, 0) is 19.1 Å². The number of nitrogens with zero attached hydrogens (tertiary/aromatic N) is 2. The third-order valence-electron chi connectivity index (χ3n) is 2.77. The van der Waals surface area contributed by atoms with E-state index in [2.05, 4.69) is 10.3 Å². The molecule has 1 fully saturated rings. The van der Waals surface area contributed by atoms with Crippen LogP contribution in [-0.4, -0.2) is 29.4 Å². The molecule has 1 aliphatic heterocycles. The number of hydrogen-bond acceptors (Lipinski definition) is 5. The molecule has 0 spiro atoms. The van der Waals surface area contributed by atoms with E-state index in [1.807, 2.05) is 6.07 Å². The minimum atomic E-state index is -0.377. The van der Waals surface area contributed by atoms with Gasteiger partial charge in [0.15, 0.2) is 0 Å². The van der Waals surface area contributed by atoms with Crippen molar-refractivity contribution in [2.24, 2.45) is 5.73 Å². The van der Waals surface area contributed by atoms with Crippen LogP contribution in [0.25, 0.3) is 0 Å². The second kappa shape index (κ2) is 4.50. The van der Waals surface area contributed by atoms with Crippen LogP contribution in [0.5, 0.6) is 0 Å². The molecular formula is C11H14N4O2. The molecule has 2 amide bonds. The average molecular weight is 234 g/mol. The highest BCUT2D eigenvalue weighted by Crippen LogP contribution is 2.18. The summed E-state index contributed by atoms with van der Waals surface area (Å²) in [6.07, 6.45) is 1.63. The molecule has 1 unspecified atom stereocenters. The Morgan fingerprint density at radius 1 is 1.53 bits per heavy atom. The van der Waals surface area contributed by atoms with Gasteiger partial charge in [-0.2, -0.15) is 0 Å². The van der Waals surface area contributed by atoms with Crippen LogP contribution in [0.1, 0.15) is 12.6 Å². The van der Waals surface area contributed by atoms with Gasteiger partial charge in [-0.15, -0.1) is 0 Å². The van der Waals surface area contributed by atoms with E-state index in [1.165, 1.54) is 0 Å². The lowest BCUT2D eigenvalue weighted by atomic mass is 10.1. The Hall–Kier alpha value is -1.95. The fraction of sp³-hybridized carbons (Fsp3) is 0.364. The minimum Gasteiger partial charge on any atom is -0.349 e. The topological polar surface area (TPSA) is 88.3 Å². The lowest BCUT2D eigenvalue weighted by molar-refractivity contribution is -0.132. The Bertz CT molecular complexity index is 443. The highest BCUT2D eigenvalue weighted by atomic mass is 16.2. The summed E-state index contributed by atoms with van der Waals surface area (Å²) in [6.45, 7) is 2.28. The lowest BCUT2D eigenvalue weighted by Crippen LogP contribution is -2.57. The highest BCUT2D eigenvalue weighted by molar-refractivity contribution is 6.04. The first-order valence-corrected chi connectivity index (χ1v) is 5.37. The zero-order valence-electron chi connectivity index (χ0n) is 9.51. The quantitative estimate of drug-likeness (QED) is 0.666. The van der Waals surface area contributed by atoms with E-state index in [-0.39, 0.29) is 24.4 Å². The van der Waals surface area contributed by atoms with Crippen molar-refractivity contribution in [2.45, 2.75) is 19.5 Å². The van der Waals surface area contributed by atoms with Crippen LogP contribution in [0.3, 0.4) is 0 Å². The van der Waals surface area contributed by atoms with E-state index in [9.17, 15) is 9.59 Å². The van der Waals surface area contributed by atoms with Crippen molar-refractivity contribution in [2.75, 3.05) is 11.4 Å². The van der Waals surface area contributed by atoms with Crippen LogP contribution in [0.15, 0.2) is 18.3 Å². The third-order valence-corrected chi connectivity index (χ3v) is 2.77. The number of hydrogen-bond donors (Lipinski definition) is 2. The normalized spacial score (nSPS) is 20.4. The second-order valence-electron chi connectivity index (χ2n) is 3.93. The number of carbonyl (C=O) groups is 2. The molecule has 6 nitrogen and oxygen atoms in total. The fourth-order valence-corrected chi connectivity index (χ4v) is 1.74. The van der Waals surface area contributed by atoms with Gasteiger partial charge in [-0.25, -0.2) is 0 Å². The van der Waals surface area contributed by atoms with Crippen LogP contribution in [-0.2, 0) is 16.1 Å². The molecule has 1 aromatic heterocycles. The number of nitrogens with two attached hydrogens (primary N) is 1. The van der Waals surface area contributed by atoms with Gasteiger partial charge in [0.1, 0.15) is 6.04 Å². The third kappa shape index (κ3) is 2.26. The first kappa shape index (κ1) is 11.5. The van der Waals surface area contributed by atoms with Crippen molar-refractivity contribution in [1.29, 1.82) is 0 Å². The molecule has 17 heavy (non-hydrogen) atoms. The van der Waals surface area contributed by atoms with Crippen molar-refractivity contribution >= 4 is 17.5 Å². The van der Waals surface area contributed by atoms with Gasteiger partial charge < -0.3 is 10.6 Å². The number of rotatable bonds is 2. The summed E-state index contributed by atoms with van der Waals surface area (Å²) < 4.78 is 0. The molecule has 0 aromatic carbocycles. The van der Waals surface area contributed by atoms with Gasteiger partial charge >= 0.3 is 0 Å². The molecule has 1 aliphatic rings. The monoisotopic (exact) mass is 234 g/mol. The number of piperazine rings is 1. The number of anilines is 1. The van der Waals surface area contributed by atoms with E-state index >= 15 is 0 Å². The van der Waals surface area contributed by atoms with Crippen molar-refractivity contribution in [1.82, 2.24) is 10.3 Å². The number of carbonyl (C=O) groups excluding carboxylic acids is 2. The minimum absolute atomic E-state index is 0.163. The van der Waals surface area contributed by atoms with E-state index in [4.69, 9.17) is 5.73 Å². The number of nitrogens with one attached hydrogen (secondary N) is 1. The molecule has 1 aromatic rings. The largest absolute Gasteiger partial charge is 0.349 e. The first-order chi connectivity index (χ1) is 8.11. The van der Waals surface area contributed by atoms with Crippen molar-refractivity contribution in [3.63, 3.8) is 0 Å². The summed E-state index contributed by atoms with van der Waals surface area (Å²) in [4.78, 5) is 28.7. The Balaban J connectivity index is 2.24. The molecule has 0 aliphatic carbocycles. The zero-order valence-corrected chi connectivity index (χ0v) is 9.51. The van der Waals surface area contributed by atoms with Crippen LogP contribution in [0, 0.1) is 0 Å². The van der Waals surface area contributed by atoms with Gasteiger partial charge in [0.2, 0.25) is 11.8 Å². The summed E-state index contributed by atoms with van der Waals surface area (Å²) in [5.74, 6) is -0.583. The highest BCUT2D eigenvalue weighted by Gasteiger charge is 2.30. The maximum Gasteiger partial charge on any atom is 0.249 e. The van der Waals surface area contributed by atoms with Crippen LogP contribution >= 0.6 is 0 Å². The number of pyridine rings is 1. The molecule has 0 radical (unpaired) electrons. The average Bonchev–Trinajstić information content (AvgIpc) is 2.34. The standard InChI is InChI=1S/C11H14N4O2/c1-7-11(17)14-10(16)6-15(7)9-3-2-8(4-12)13-5-9/h2-3,5,7H,4,6,12H2,1H3,(H,14,16,17). The number of imide groups is 1. The van der Waals surface area contributed by atoms with E-state index in [1.54, 1.807) is 24.1 Å². The Morgan fingerprint density at radius 2 is 2.29 bits per heavy atom. The van der Waals surface area contributed by atoms with Crippen LogP contribution in [0.2, 0.25) is 0 Å². The van der Waals surface area contributed by atoms with Crippen molar-refractivity contribution in [3.8, 4) is 0 Å². The van der Waals surface area contributed by atoms with E-state index in [0.717, 1.165) is 11.4 Å². The zero-order chi connectivity index (χ0) is 12.4. The Labute approximate surface area is 98.8 Å². The van der Waals surface area contributed by atoms with E-state index in [0.29, 0.717) is 6.54 Å². The molecule has 0 saturated carbocycles.